The molecular weight excluding hydrogens is 488 g/mol. The summed E-state index contributed by atoms with van der Waals surface area (Å²) >= 11 is 1.23. The fourth-order valence-electron chi connectivity index (χ4n) is 4.02. The minimum Gasteiger partial charge on any atom is -0.490 e. The Labute approximate surface area is 208 Å². The average molecular weight is 513 g/mol. The van der Waals surface area contributed by atoms with Crippen LogP contribution in [0.1, 0.15) is 43.0 Å². The van der Waals surface area contributed by atoms with Crippen LogP contribution in [0, 0.1) is 11.3 Å². The quantitative estimate of drug-likeness (QED) is 0.453. The third-order valence-corrected chi connectivity index (χ3v) is 7.53. The van der Waals surface area contributed by atoms with E-state index in [-0.39, 0.29) is 6.10 Å². The third-order valence-electron chi connectivity index (χ3n) is 5.50. The third kappa shape index (κ3) is 5.51. The van der Waals surface area contributed by atoms with Gasteiger partial charge in [-0.2, -0.15) is 9.64 Å². The summed E-state index contributed by atoms with van der Waals surface area (Å²) < 4.78 is 42.0. The second-order valence-corrected chi connectivity index (χ2v) is 10.8. The fraction of sp³-hybridized carbons (Fsp3) is 0.333. The number of nitrogens with one attached hydrogen (secondary N) is 1. The Morgan fingerprint density at radius 1 is 1.31 bits per heavy atom. The number of fused-ring (bicyclic) bond motifs is 1. The number of rotatable bonds is 8. The molecule has 0 saturated carbocycles. The summed E-state index contributed by atoms with van der Waals surface area (Å²) in [6, 6.07) is 12.7. The van der Waals surface area contributed by atoms with E-state index in [1.54, 1.807) is 12.1 Å². The topological polar surface area (TPSA) is 131 Å². The standard InChI is InChI=1S/C24H24N4O5S2/c1-14(2)33-21-10-7-15(11-16(21)12-25)24-26-23(27-34-24)19-6-4-5-18-17(19)8-9-20(18)28-35(30,31)13-22(29)32-3/h4-7,10-11,14,20,28H,8-9,13H2,1-3H3. The molecule has 1 heterocycles. The van der Waals surface area contributed by atoms with Crippen LogP contribution in [0.4, 0.5) is 0 Å². The molecule has 1 atom stereocenters. The van der Waals surface area contributed by atoms with Gasteiger partial charge in [-0.25, -0.2) is 18.1 Å². The number of aromatic nitrogens is 2. The van der Waals surface area contributed by atoms with Crippen LogP contribution in [-0.2, 0) is 26.0 Å². The van der Waals surface area contributed by atoms with E-state index >= 15 is 0 Å². The van der Waals surface area contributed by atoms with Crippen molar-refractivity contribution in [3.05, 3.63) is 53.1 Å². The summed E-state index contributed by atoms with van der Waals surface area (Å²) in [5.74, 6) is -0.469. The summed E-state index contributed by atoms with van der Waals surface area (Å²) in [7, 11) is -2.68. The predicted octanol–water partition coefficient (Wildman–Crippen LogP) is 3.61. The Balaban J connectivity index is 1.60. The van der Waals surface area contributed by atoms with Crippen LogP contribution < -0.4 is 9.46 Å². The van der Waals surface area contributed by atoms with E-state index in [9.17, 15) is 18.5 Å². The number of nitriles is 1. The molecule has 182 valence electrons. The fourth-order valence-corrected chi connectivity index (χ4v) is 5.88. The largest absolute Gasteiger partial charge is 0.490 e. The maximum atomic E-state index is 12.3. The number of carbonyl (C=O) groups is 1. The lowest BCUT2D eigenvalue weighted by molar-refractivity contribution is -0.137. The van der Waals surface area contributed by atoms with Gasteiger partial charge in [-0.3, -0.25) is 4.79 Å². The van der Waals surface area contributed by atoms with Crippen molar-refractivity contribution in [1.82, 2.24) is 14.1 Å². The number of carbonyl (C=O) groups excluding carboxylic acids is 1. The van der Waals surface area contributed by atoms with Gasteiger partial charge in [0.1, 0.15) is 16.8 Å². The molecule has 1 aromatic heterocycles. The zero-order chi connectivity index (χ0) is 25.2. The first-order chi connectivity index (χ1) is 16.7. The molecule has 1 aliphatic rings. The van der Waals surface area contributed by atoms with Crippen LogP contribution in [-0.4, -0.2) is 42.7 Å². The van der Waals surface area contributed by atoms with Gasteiger partial charge >= 0.3 is 5.97 Å². The molecule has 1 aliphatic carbocycles. The van der Waals surface area contributed by atoms with Crippen molar-refractivity contribution < 1.29 is 22.7 Å². The predicted molar refractivity (Wildman–Crippen MR) is 131 cm³/mol. The van der Waals surface area contributed by atoms with Gasteiger partial charge in [-0.15, -0.1) is 0 Å². The highest BCUT2D eigenvalue weighted by Crippen LogP contribution is 2.38. The van der Waals surface area contributed by atoms with E-state index in [0.29, 0.717) is 35.0 Å². The maximum Gasteiger partial charge on any atom is 0.322 e. The number of esters is 1. The SMILES string of the molecule is COC(=O)CS(=O)(=O)NC1CCc2c(-c3nsc(-c4ccc(OC(C)C)c(C#N)c4)n3)cccc21. The van der Waals surface area contributed by atoms with E-state index in [1.807, 2.05) is 38.1 Å². The summed E-state index contributed by atoms with van der Waals surface area (Å²) in [6.45, 7) is 3.80. The van der Waals surface area contributed by atoms with Crippen molar-refractivity contribution in [1.29, 1.82) is 5.26 Å². The first kappa shape index (κ1) is 24.8. The molecule has 35 heavy (non-hydrogen) atoms. The lowest BCUT2D eigenvalue weighted by Crippen LogP contribution is -2.33. The molecule has 1 N–H and O–H groups in total. The molecule has 0 aliphatic heterocycles. The molecule has 0 bridgehead atoms. The first-order valence-corrected chi connectivity index (χ1v) is 13.4. The zero-order valence-electron chi connectivity index (χ0n) is 19.4. The van der Waals surface area contributed by atoms with Gasteiger partial charge < -0.3 is 9.47 Å². The van der Waals surface area contributed by atoms with E-state index in [4.69, 9.17) is 9.72 Å². The number of benzene rings is 2. The second-order valence-electron chi connectivity index (χ2n) is 8.33. The number of nitrogens with zero attached hydrogens (tertiary/aromatic N) is 3. The molecule has 1 unspecified atom stereocenters. The normalized spacial score (nSPS) is 15.0. The summed E-state index contributed by atoms with van der Waals surface area (Å²) in [6.07, 6.45) is 1.16. The van der Waals surface area contributed by atoms with Gasteiger partial charge in [0.05, 0.1) is 18.8 Å². The van der Waals surface area contributed by atoms with Crippen molar-refractivity contribution in [3.8, 4) is 33.8 Å². The molecular formula is C24H24N4O5S2. The van der Waals surface area contributed by atoms with Gasteiger partial charge in [0.2, 0.25) is 10.0 Å². The van der Waals surface area contributed by atoms with Crippen LogP contribution in [0.2, 0.25) is 0 Å². The lowest BCUT2D eigenvalue weighted by atomic mass is 10.0. The average Bonchev–Trinajstić information content (AvgIpc) is 3.46. The van der Waals surface area contributed by atoms with Crippen LogP contribution in [0.25, 0.3) is 22.0 Å². The van der Waals surface area contributed by atoms with Crippen molar-refractivity contribution in [2.75, 3.05) is 12.9 Å². The van der Waals surface area contributed by atoms with Crippen molar-refractivity contribution >= 4 is 27.5 Å². The molecule has 0 amide bonds. The smallest absolute Gasteiger partial charge is 0.322 e. The second kappa shape index (κ2) is 10.1. The van der Waals surface area contributed by atoms with Crippen LogP contribution in [0.3, 0.4) is 0 Å². The molecule has 9 nitrogen and oxygen atoms in total. The zero-order valence-corrected chi connectivity index (χ0v) is 21.1. The van der Waals surface area contributed by atoms with E-state index in [0.717, 1.165) is 29.4 Å². The molecule has 0 radical (unpaired) electrons. The number of ether oxygens (including phenoxy) is 2. The summed E-state index contributed by atoms with van der Waals surface area (Å²) in [4.78, 5) is 16.1. The highest BCUT2D eigenvalue weighted by Gasteiger charge is 2.30. The van der Waals surface area contributed by atoms with Gasteiger partial charge in [0.25, 0.3) is 0 Å². The minimum atomic E-state index is -3.84. The van der Waals surface area contributed by atoms with E-state index in [1.165, 1.54) is 11.5 Å². The molecule has 0 saturated heterocycles. The highest BCUT2D eigenvalue weighted by molar-refractivity contribution is 7.90. The van der Waals surface area contributed by atoms with Crippen molar-refractivity contribution in [3.63, 3.8) is 0 Å². The Bertz CT molecular complexity index is 1410. The van der Waals surface area contributed by atoms with Crippen LogP contribution in [0.5, 0.6) is 5.75 Å². The van der Waals surface area contributed by atoms with Gasteiger partial charge in [-0.05, 0) is 67.5 Å². The molecule has 0 fully saturated rings. The minimum absolute atomic E-state index is 0.0463. The maximum absolute atomic E-state index is 12.3. The summed E-state index contributed by atoms with van der Waals surface area (Å²) in [5.41, 5.74) is 3.84. The molecule has 2 aromatic carbocycles. The molecule has 3 aromatic rings. The van der Waals surface area contributed by atoms with Gasteiger partial charge in [-0.1, -0.05) is 18.2 Å². The van der Waals surface area contributed by atoms with E-state index in [2.05, 4.69) is 19.9 Å². The number of sulfonamides is 1. The Hall–Kier alpha value is -3.33. The van der Waals surface area contributed by atoms with Crippen LogP contribution >= 0.6 is 11.5 Å². The molecule has 11 heteroatoms. The van der Waals surface area contributed by atoms with Crippen molar-refractivity contribution in [2.45, 2.75) is 38.8 Å². The van der Waals surface area contributed by atoms with Crippen molar-refractivity contribution in [2.24, 2.45) is 0 Å². The Morgan fingerprint density at radius 2 is 2.11 bits per heavy atom. The Morgan fingerprint density at radius 3 is 2.83 bits per heavy atom. The summed E-state index contributed by atoms with van der Waals surface area (Å²) in [5, 5.41) is 10.2. The molecule has 0 spiro atoms. The monoisotopic (exact) mass is 512 g/mol. The number of hydrogen-bond donors (Lipinski definition) is 1. The van der Waals surface area contributed by atoms with Gasteiger partial charge in [0, 0.05) is 17.2 Å². The Kier molecular flexibility index (Phi) is 7.16. The highest BCUT2D eigenvalue weighted by atomic mass is 32.2. The van der Waals surface area contributed by atoms with Gasteiger partial charge in [0.15, 0.2) is 11.6 Å². The lowest BCUT2D eigenvalue weighted by Gasteiger charge is -2.14. The number of methoxy groups -OCH3 is 1. The van der Waals surface area contributed by atoms with Crippen LogP contribution in [0.15, 0.2) is 36.4 Å². The first-order valence-electron chi connectivity index (χ1n) is 10.9. The molecule has 4 rings (SSSR count). The van der Waals surface area contributed by atoms with E-state index < -0.39 is 27.8 Å². The number of hydrogen-bond acceptors (Lipinski definition) is 9.